The molecule has 0 atom stereocenters. The topological polar surface area (TPSA) is 29.1 Å². The van der Waals surface area contributed by atoms with Crippen molar-refractivity contribution in [3.8, 4) is 0 Å². The van der Waals surface area contributed by atoms with Crippen molar-refractivity contribution in [2.45, 2.75) is 20.8 Å². The molecule has 0 saturated heterocycles. The number of aryl methyl sites for hydroxylation is 2. The van der Waals surface area contributed by atoms with Crippen molar-refractivity contribution in [1.29, 1.82) is 0 Å². The number of hydrogen-bond acceptors (Lipinski definition) is 1. The molecule has 80 valence electrons. The molecule has 2 nitrogen and oxygen atoms in total. The van der Waals surface area contributed by atoms with Crippen molar-refractivity contribution in [3.63, 3.8) is 0 Å². The standard InChI is InChI=1S/C12H14INO/c1-8-4-5-11(6-9(8)2)12(7-13)14-10(3)15/h4-7H,1-3H3,(H,14,15)/b12-7+. The third kappa shape index (κ3) is 3.34. The third-order valence-electron chi connectivity index (χ3n) is 2.24. The van der Waals surface area contributed by atoms with Gasteiger partial charge in [-0.05, 0) is 36.6 Å². The summed E-state index contributed by atoms with van der Waals surface area (Å²) in [5, 5.41) is 2.81. The first-order valence-electron chi connectivity index (χ1n) is 4.70. The molecular weight excluding hydrogens is 301 g/mol. The van der Waals surface area contributed by atoms with Gasteiger partial charge >= 0.3 is 0 Å². The van der Waals surface area contributed by atoms with Crippen molar-refractivity contribution in [2.75, 3.05) is 0 Å². The number of carbonyl (C=O) groups excluding carboxylic acids is 1. The van der Waals surface area contributed by atoms with Gasteiger partial charge in [0.25, 0.3) is 0 Å². The Hall–Kier alpha value is -0.840. The average Bonchev–Trinajstić information content (AvgIpc) is 2.18. The molecule has 0 fully saturated rings. The van der Waals surface area contributed by atoms with Gasteiger partial charge in [-0.3, -0.25) is 4.79 Å². The molecule has 0 radical (unpaired) electrons. The molecule has 3 heteroatoms. The molecule has 0 spiro atoms. The van der Waals surface area contributed by atoms with E-state index in [1.54, 1.807) is 0 Å². The zero-order valence-electron chi connectivity index (χ0n) is 9.10. The summed E-state index contributed by atoms with van der Waals surface area (Å²) in [7, 11) is 0. The fourth-order valence-corrected chi connectivity index (χ4v) is 1.78. The quantitative estimate of drug-likeness (QED) is 0.835. The van der Waals surface area contributed by atoms with Crippen LogP contribution in [0.1, 0.15) is 23.6 Å². The first-order valence-corrected chi connectivity index (χ1v) is 5.94. The van der Waals surface area contributed by atoms with Gasteiger partial charge in [-0.2, -0.15) is 0 Å². The van der Waals surface area contributed by atoms with E-state index in [0.29, 0.717) is 0 Å². The molecule has 15 heavy (non-hydrogen) atoms. The smallest absolute Gasteiger partial charge is 0.221 e. The molecule has 0 aliphatic carbocycles. The SMILES string of the molecule is CC(=O)N/C(=C/I)c1ccc(C)c(C)c1. The van der Waals surface area contributed by atoms with Gasteiger partial charge in [0.2, 0.25) is 5.91 Å². The molecule has 1 amide bonds. The van der Waals surface area contributed by atoms with E-state index in [9.17, 15) is 4.79 Å². The predicted molar refractivity (Wildman–Crippen MR) is 71.7 cm³/mol. The maximum absolute atomic E-state index is 11.0. The van der Waals surface area contributed by atoms with E-state index in [4.69, 9.17) is 0 Å². The van der Waals surface area contributed by atoms with Gasteiger partial charge in [0.15, 0.2) is 0 Å². The number of benzene rings is 1. The van der Waals surface area contributed by atoms with Gasteiger partial charge in [0.05, 0.1) is 5.70 Å². The van der Waals surface area contributed by atoms with E-state index >= 15 is 0 Å². The second kappa shape index (κ2) is 5.30. The minimum Gasteiger partial charge on any atom is -0.325 e. The highest BCUT2D eigenvalue weighted by Gasteiger charge is 2.03. The molecule has 0 saturated carbocycles. The predicted octanol–water partition coefficient (Wildman–Crippen LogP) is 3.17. The molecule has 1 aromatic rings. The lowest BCUT2D eigenvalue weighted by molar-refractivity contribution is -0.117. The van der Waals surface area contributed by atoms with Gasteiger partial charge in [-0.1, -0.05) is 34.7 Å². The lowest BCUT2D eigenvalue weighted by Crippen LogP contribution is -2.17. The second-order valence-electron chi connectivity index (χ2n) is 3.50. The highest BCUT2D eigenvalue weighted by atomic mass is 127. The van der Waals surface area contributed by atoms with E-state index in [1.807, 2.05) is 10.1 Å². The molecule has 0 aromatic heterocycles. The Labute approximate surface area is 104 Å². The molecule has 1 N–H and O–H groups in total. The first-order chi connectivity index (χ1) is 7.04. The highest BCUT2D eigenvalue weighted by Crippen LogP contribution is 2.17. The largest absolute Gasteiger partial charge is 0.325 e. The van der Waals surface area contributed by atoms with E-state index < -0.39 is 0 Å². The van der Waals surface area contributed by atoms with Crippen LogP contribution >= 0.6 is 22.6 Å². The summed E-state index contributed by atoms with van der Waals surface area (Å²) < 4.78 is 1.88. The van der Waals surface area contributed by atoms with Crippen LogP contribution in [-0.2, 0) is 4.79 Å². The normalized spacial score (nSPS) is 11.3. The monoisotopic (exact) mass is 315 g/mol. The minimum atomic E-state index is -0.0452. The zero-order valence-corrected chi connectivity index (χ0v) is 11.3. The van der Waals surface area contributed by atoms with Crippen LogP contribution in [0, 0.1) is 13.8 Å². The maximum atomic E-state index is 11.0. The zero-order chi connectivity index (χ0) is 11.4. The Kier molecular flexibility index (Phi) is 4.32. The number of carbonyl (C=O) groups is 1. The fourth-order valence-electron chi connectivity index (χ4n) is 1.26. The van der Waals surface area contributed by atoms with Crippen molar-refractivity contribution in [2.24, 2.45) is 0 Å². The molecule has 0 aliphatic heterocycles. The number of halogens is 1. The maximum Gasteiger partial charge on any atom is 0.221 e. The number of rotatable bonds is 2. The lowest BCUT2D eigenvalue weighted by atomic mass is 10.0. The second-order valence-corrected chi connectivity index (χ2v) is 4.13. The van der Waals surface area contributed by atoms with Crippen LogP contribution in [0.5, 0.6) is 0 Å². The molecule has 1 rings (SSSR count). The number of hydrogen-bond donors (Lipinski definition) is 1. The summed E-state index contributed by atoms with van der Waals surface area (Å²) in [5.41, 5.74) is 4.39. The summed E-state index contributed by atoms with van der Waals surface area (Å²) in [6.45, 7) is 5.66. The average molecular weight is 315 g/mol. The van der Waals surface area contributed by atoms with Crippen molar-refractivity contribution < 1.29 is 4.79 Å². The van der Waals surface area contributed by atoms with Crippen molar-refractivity contribution >= 4 is 34.2 Å². The molecule has 0 bridgehead atoms. The Morgan fingerprint density at radius 1 is 1.33 bits per heavy atom. The molecule has 1 aromatic carbocycles. The summed E-state index contributed by atoms with van der Waals surface area (Å²) in [6, 6.07) is 6.16. The van der Waals surface area contributed by atoms with Gasteiger partial charge in [-0.15, -0.1) is 0 Å². The van der Waals surface area contributed by atoms with Crippen LogP contribution in [0.25, 0.3) is 5.70 Å². The number of nitrogens with one attached hydrogen (secondary N) is 1. The Bertz CT molecular complexity index is 410. The van der Waals surface area contributed by atoms with Crippen LogP contribution < -0.4 is 5.32 Å². The molecule has 0 unspecified atom stereocenters. The minimum absolute atomic E-state index is 0.0452. The number of amides is 1. The Balaban J connectivity index is 3.03. The summed E-state index contributed by atoms with van der Waals surface area (Å²) in [6.07, 6.45) is 0. The van der Waals surface area contributed by atoms with Crippen LogP contribution in [0.4, 0.5) is 0 Å². The van der Waals surface area contributed by atoms with Crippen LogP contribution in [0.2, 0.25) is 0 Å². The van der Waals surface area contributed by atoms with Crippen molar-refractivity contribution in [1.82, 2.24) is 5.32 Å². The molecular formula is C12H14INO. The highest BCUT2D eigenvalue weighted by molar-refractivity contribution is 14.1. The van der Waals surface area contributed by atoms with Crippen LogP contribution in [-0.4, -0.2) is 5.91 Å². The van der Waals surface area contributed by atoms with Gasteiger partial charge in [-0.25, -0.2) is 0 Å². The lowest BCUT2D eigenvalue weighted by Gasteiger charge is -2.09. The summed E-state index contributed by atoms with van der Waals surface area (Å²) in [4.78, 5) is 11.0. The Morgan fingerprint density at radius 2 is 2.00 bits per heavy atom. The van der Waals surface area contributed by atoms with Crippen LogP contribution in [0.3, 0.4) is 0 Å². The molecule has 0 heterocycles. The summed E-state index contributed by atoms with van der Waals surface area (Å²) in [5.74, 6) is -0.0452. The van der Waals surface area contributed by atoms with Gasteiger partial charge in [0, 0.05) is 11.0 Å². The Morgan fingerprint density at radius 3 is 2.47 bits per heavy atom. The van der Waals surface area contributed by atoms with Crippen molar-refractivity contribution in [3.05, 3.63) is 39.0 Å². The van der Waals surface area contributed by atoms with Gasteiger partial charge in [0.1, 0.15) is 0 Å². The third-order valence-corrected chi connectivity index (χ3v) is 2.86. The van der Waals surface area contributed by atoms with E-state index in [1.165, 1.54) is 18.1 Å². The fraction of sp³-hybridized carbons (Fsp3) is 0.250. The summed E-state index contributed by atoms with van der Waals surface area (Å²) >= 11 is 2.13. The van der Waals surface area contributed by atoms with Crippen LogP contribution in [0.15, 0.2) is 22.3 Å². The molecule has 0 aliphatic rings. The van der Waals surface area contributed by atoms with E-state index in [-0.39, 0.29) is 5.91 Å². The van der Waals surface area contributed by atoms with E-state index in [0.717, 1.165) is 11.3 Å². The van der Waals surface area contributed by atoms with E-state index in [2.05, 4.69) is 53.9 Å². The van der Waals surface area contributed by atoms with Gasteiger partial charge < -0.3 is 5.32 Å². The first kappa shape index (κ1) is 12.2.